The van der Waals surface area contributed by atoms with Crippen molar-refractivity contribution < 1.29 is 10.0 Å². The van der Waals surface area contributed by atoms with Crippen LogP contribution in [-0.4, -0.2) is 7.12 Å². The minimum atomic E-state index is -1.97. The number of benzene rings is 12. The molecule has 0 aliphatic rings. The highest BCUT2D eigenvalue weighted by Gasteiger charge is 2.48. The van der Waals surface area contributed by atoms with Gasteiger partial charge in [0.2, 0.25) is 0 Å². The first-order valence-corrected chi connectivity index (χ1v) is 27.5. The Kier molecular flexibility index (Phi) is 14.5. The van der Waals surface area contributed by atoms with Crippen LogP contribution in [0.3, 0.4) is 0 Å². The van der Waals surface area contributed by atoms with E-state index in [1.165, 1.54) is 42.4 Å². The molecule has 0 unspecified atom stereocenters. The quantitative estimate of drug-likeness (QED) is 0.0627. The topological polar surface area (TPSA) is 46.1 Å². The van der Waals surface area contributed by atoms with Crippen LogP contribution in [0.25, 0.3) is 32.3 Å². The van der Waals surface area contributed by atoms with Crippen LogP contribution in [-0.2, 0) is 0 Å². The lowest BCUT2D eigenvalue weighted by molar-refractivity contribution is -0.341. The highest BCUT2D eigenvalue weighted by Crippen LogP contribution is 2.55. The van der Waals surface area contributed by atoms with E-state index in [-0.39, 0.29) is 0 Å². The molecule has 0 aliphatic heterocycles. The Balaban J connectivity index is 0.000000123. The van der Waals surface area contributed by atoms with Gasteiger partial charge in [-0.25, -0.2) is 0 Å². The van der Waals surface area contributed by atoms with Gasteiger partial charge in [-0.3, -0.25) is 0 Å². The van der Waals surface area contributed by atoms with E-state index in [9.17, 15) is 10.0 Å². The molecule has 0 fully saturated rings. The molecule has 0 saturated heterocycles. The Hall–Kier alpha value is -7.74. The van der Waals surface area contributed by atoms with Crippen molar-refractivity contribution in [2.45, 2.75) is 0 Å². The second-order valence-electron chi connectivity index (χ2n) is 17.3. The average Bonchev–Trinajstić information content (AvgIpc) is 3.45. The Morgan fingerprint density at radius 3 is 0.775 bits per heavy atom. The number of rotatable bonds is 9. The van der Waals surface area contributed by atoms with E-state index in [2.05, 4.69) is 261 Å². The lowest BCUT2D eigenvalue weighted by Gasteiger charge is -2.29. The lowest BCUT2D eigenvalue weighted by atomic mass is 9.76. The molecule has 0 atom stereocenters. The molecule has 0 saturated carbocycles. The van der Waals surface area contributed by atoms with Crippen LogP contribution in [0.5, 0.6) is 0 Å². The van der Waals surface area contributed by atoms with Gasteiger partial charge in [-0.05, 0) is 142 Å². The predicted molar refractivity (Wildman–Crippen MR) is 307 cm³/mol. The average molecular weight is 949 g/mol. The fraction of sp³-hybridized carbons (Fsp3) is 0. The first kappa shape index (κ1) is 47.0. The van der Waals surface area contributed by atoms with Crippen molar-refractivity contribution in [1.29, 1.82) is 0 Å². The Labute approximate surface area is 419 Å². The summed E-state index contributed by atoms with van der Waals surface area (Å²) in [5, 5.41) is 40.1. The standard InChI is InChI=1S/2C24H20P.C18H11BO2/c2*1-5-13-21(14-6-1)25(22-15-7-2-8-16-22,23-17-9-3-10-18-23)24-19-11-4-12-20-24;20-19(21)17-7-3-6-12-8-9-15-10-13-4-1-2-5-14(13)11-16(15)18(12)17/h2*1-20H;1-11H/q2*+1;-2. The van der Waals surface area contributed by atoms with Gasteiger partial charge in [-0.15, -0.1) is 5.46 Å². The predicted octanol–water partition coefficient (Wildman–Crippen LogP) is 10.2. The summed E-state index contributed by atoms with van der Waals surface area (Å²) >= 11 is 0. The summed E-state index contributed by atoms with van der Waals surface area (Å²) in [5.74, 6) is 0. The van der Waals surface area contributed by atoms with Crippen LogP contribution < -0.4 is 57.9 Å². The van der Waals surface area contributed by atoms with Crippen LogP contribution in [0.4, 0.5) is 0 Å². The van der Waals surface area contributed by atoms with Crippen molar-refractivity contribution in [2.24, 2.45) is 0 Å². The van der Waals surface area contributed by atoms with E-state index in [4.69, 9.17) is 0 Å². The molecule has 2 nitrogen and oxygen atoms in total. The van der Waals surface area contributed by atoms with Crippen LogP contribution in [0, 0.1) is 0 Å². The monoisotopic (exact) mass is 948 g/mol. The van der Waals surface area contributed by atoms with Crippen molar-refractivity contribution in [1.82, 2.24) is 0 Å². The van der Waals surface area contributed by atoms with E-state index in [0.717, 1.165) is 32.3 Å². The van der Waals surface area contributed by atoms with Gasteiger partial charge in [0, 0.05) is 0 Å². The van der Waals surface area contributed by atoms with Crippen LogP contribution in [0.2, 0.25) is 0 Å². The van der Waals surface area contributed by atoms with Gasteiger partial charge in [-0.2, -0.15) is 0 Å². The van der Waals surface area contributed by atoms with Crippen molar-refractivity contribution in [3.8, 4) is 0 Å². The summed E-state index contributed by atoms with van der Waals surface area (Å²) in [4.78, 5) is 0. The molecule has 71 heavy (non-hydrogen) atoms. The third-order valence-corrected chi connectivity index (χ3v) is 21.7. The van der Waals surface area contributed by atoms with Crippen LogP contribution in [0.15, 0.2) is 309 Å². The summed E-state index contributed by atoms with van der Waals surface area (Å²) in [6, 6.07) is 109. The van der Waals surface area contributed by atoms with Crippen molar-refractivity contribution in [3.63, 3.8) is 0 Å². The summed E-state index contributed by atoms with van der Waals surface area (Å²) < 4.78 is 0. The van der Waals surface area contributed by atoms with Crippen LogP contribution >= 0.6 is 14.5 Å². The fourth-order valence-corrected chi connectivity index (χ4v) is 18.6. The van der Waals surface area contributed by atoms with Gasteiger partial charge >= 0.3 is 0 Å². The van der Waals surface area contributed by atoms with Crippen molar-refractivity contribution >= 4 is 102 Å². The van der Waals surface area contributed by atoms with Gasteiger partial charge in [0.1, 0.15) is 57.0 Å². The SMILES string of the molecule is [O-]B([O-])c1cccc2ccc3cc4ccccc4cc3c12.c1ccc([P+](c2ccccc2)(c2ccccc2)c2ccccc2)cc1.c1ccc([P+](c2ccccc2)(c2ccccc2)c2ccccc2)cc1. The Bertz CT molecular complexity index is 3100. The number of hydrogen-bond acceptors (Lipinski definition) is 2. The minimum Gasteiger partial charge on any atom is -0.889 e. The Morgan fingerprint density at radius 1 is 0.225 bits per heavy atom. The smallest absolute Gasteiger partial charge is 0.144 e. The van der Waals surface area contributed by atoms with E-state index < -0.39 is 21.6 Å². The maximum Gasteiger partial charge on any atom is 0.144 e. The zero-order chi connectivity index (χ0) is 48.3. The molecule has 5 heteroatoms. The van der Waals surface area contributed by atoms with Crippen LogP contribution in [0.1, 0.15) is 0 Å². The molecule has 12 aromatic carbocycles. The first-order valence-electron chi connectivity index (χ1n) is 24.0. The fourth-order valence-electron chi connectivity index (χ4n) is 10.0. The van der Waals surface area contributed by atoms with Gasteiger partial charge in [0.05, 0.1) is 0 Å². The maximum absolute atomic E-state index is 11.5. The molecular weight excluding hydrogens is 897 g/mol. The second kappa shape index (κ2) is 21.9. The molecule has 0 bridgehead atoms. The van der Waals surface area contributed by atoms with Gasteiger partial charge in [0.25, 0.3) is 0 Å². The summed E-state index contributed by atoms with van der Waals surface area (Å²) in [6.45, 7) is 0. The van der Waals surface area contributed by atoms with Gasteiger partial charge < -0.3 is 10.0 Å². The summed E-state index contributed by atoms with van der Waals surface area (Å²) in [5.41, 5.74) is 0.327. The normalized spacial score (nSPS) is 11.2. The van der Waals surface area contributed by atoms with Gasteiger partial charge in [0.15, 0.2) is 0 Å². The van der Waals surface area contributed by atoms with Crippen molar-refractivity contribution in [3.05, 3.63) is 309 Å². The van der Waals surface area contributed by atoms with E-state index >= 15 is 0 Å². The molecule has 0 spiro atoms. The summed E-state index contributed by atoms with van der Waals surface area (Å²) in [7, 11) is -5.78. The molecular formula is C66H51BO2P2. The third kappa shape index (κ3) is 9.50. The first-order chi connectivity index (χ1) is 35.1. The third-order valence-electron chi connectivity index (χ3n) is 13.2. The molecule has 0 amide bonds. The Morgan fingerprint density at radius 2 is 0.479 bits per heavy atom. The largest absolute Gasteiger partial charge is 0.889 e. The zero-order valence-corrected chi connectivity index (χ0v) is 41.0. The maximum atomic E-state index is 11.5. The molecule has 0 aliphatic carbocycles. The highest BCUT2D eigenvalue weighted by molar-refractivity contribution is 8.02. The lowest BCUT2D eigenvalue weighted by Crippen LogP contribution is -2.55. The molecule has 340 valence electrons. The molecule has 12 rings (SSSR count). The summed E-state index contributed by atoms with van der Waals surface area (Å²) in [6.07, 6.45) is 0. The highest BCUT2D eigenvalue weighted by atomic mass is 31.2. The van der Waals surface area contributed by atoms with Gasteiger partial charge in [-0.1, -0.05) is 207 Å². The molecule has 0 radical (unpaired) electrons. The van der Waals surface area contributed by atoms with Crippen molar-refractivity contribution in [2.75, 3.05) is 0 Å². The van der Waals surface area contributed by atoms with E-state index in [0.29, 0.717) is 5.46 Å². The molecule has 0 aromatic heterocycles. The molecule has 0 N–H and O–H groups in total. The molecule has 0 heterocycles. The van der Waals surface area contributed by atoms with E-state index in [1.54, 1.807) is 12.1 Å². The molecule has 12 aromatic rings. The second-order valence-corrected chi connectivity index (χ2v) is 24.1. The minimum absolute atomic E-state index is 0.327. The van der Waals surface area contributed by atoms with E-state index in [1.807, 2.05) is 36.4 Å². The number of fused-ring (bicyclic) bond motifs is 4. The number of hydrogen-bond donors (Lipinski definition) is 0. The zero-order valence-electron chi connectivity index (χ0n) is 39.2.